The molecule has 0 spiro atoms. The fourth-order valence-corrected chi connectivity index (χ4v) is 1.47. The molecule has 2 aromatic heterocycles. The molecule has 0 bridgehead atoms. The molecule has 0 unspecified atom stereocenters. The van der Waals surface area contributed by atoms with E-state index in [4.69, 9.17) is 5.73 Å². The number of carbonyl (C=O) groups excluding carboxylic acids is 1. The zero-order valence-electron chi connectivity index (χ0n) is 9.71. The molecule has 7 heteroatoms. The Morgan fingerprint density at radius 1 is 1.53 bits per heavy atom. The van der Waals surface area contributed by atoms with E-state index in [1.54, 1.807) is 41.9 Å². The number of carbonyl (C=O) groups is 1. The van der Waals surface area contributed by atoms with Gasteiger partial charge in [0.2, 0.25) is 0 Å². The number of nitrogens with one attached hydrogen (secondary N) is 1. The Labute approximate surface area is 98.2 Å². The number of hydrogen-bond donors (Lipinski definition) is 2. The van der Waals surface area contributed by atoms with Gasteiger partial charge < -0.3 is 15.6 Å². The maximum Gasteiger partial charge on any atom is 0.287 e. The standard InChI is InChI=1S/C10H14N6O/c1-15-4-3-12-9(15)10(17)13-5-7-6-14-16(2)8(7)11/h3-4,6H,5,11H2,1-2H3,(H,13,17). The van der Waals surface area contributed by atoms with Gasteiger partial charge in [0, 0.05) is 38.6 Å². The molecule has 0 saturated heterocycles. The molecule has 0 fully saturated rings. The van der Waals surface area contributed by atoms with Gasteiger partial charge >= 0.3 is 0 Å². The lowest BCUT2D eigenvalue weighted by atomic mass is 10.3. The summed E-state index contributed by atoms with van der Waals surface area (Å²) in [6.45, 7) is 0.339. The molecule has 0 radical (unpaired) electrons. The largest absolute Gasteiger partial charge is 0.384 e. The summed E-state index contributed by atoms with van der Waals surface area (Å²) in [5, 5.41) is 6.73. The first-order valence-electron chi connectivity index (χ1n) is 5.11. The summed E-state index contributed by atoms with van der Waals surface area (Å²) in [5.74, 6) is 0.679. The van der Waals surface area contributed by atoms with Crippen LogP contribution >= 0.6 is 0 Å². The zero-order valence-corrected chi connectivity index (χ0v) is 9.71. The first kappa shape index (κ1) is 11.2. The molecule has 90 valence electrons. The predicted octanol–water partition coefficient (Wildman–Crippen LogP) is -0.334. The van der Waals surface area contributed by atoms with E-state index < -0.39 is 0 Å². The van der Waals surface area contributed by atoms with Crippen molar-refractivity contribution in [1.82, 2.24) is 24.6 Å². The predicted molar refractivity (Wildman–Crippen MR) is 62.0 cm³/mol. The molecule has 2 aromatic rings. The van der Waals surface area contributed by atoms with E-state index in [1.807, 2.05) is 0 Å². The molecule has 0 aromatic carbocycles. The molecular weight excluding hydrogens is 220 g/mol. The molecule has 2 rings (SSSR count). The number of nitrogens with two attached hydrogens (primary N) is 1. The number of aromatic nitrogens is 4. The van der Waals surface area contributed by atoms with Crippen molar-refractivity contribution in [2.75, 3.05) is 5.73 Å². The lowest BCUT2D eigenvalue weighted by molar-refractivity contribution is 0.0937. The smallest absolute Gasteiger partial charge is 0.287 e. The second-order valence-electron chi connectivity index (χ2n) is 3.72. The molecule has 0 saturated carbocycles. The normalized spacial score (nSPS) is 10.5. The molecule has 0 aliphatic heterocycles. The van der Waals surface area contributed by atoms with E-state index in [-0.39, 0.29) is 5.91 Å². The molecule has 7 nitrogen and oxygen atoms in total. The first-order chi connectivity index (χ1) is 8.09. The number of rotatable bonds is 3. The lowest BCUT2D eigenvalue weighted by Crippen LogP contribution is -2.25. The first-order valence-corrected chi connectivity index (χ1v) is 5.11. The van der Waals surface area contributed by atoms with Gasteiger partial charge in [-0.15, -0.1) is 0 Å². The van der Waals surface area contributed by atoms with E-state index in [1.165, 1.54) is 0 Å². The van der Waals surface area contributed by atoms with Crippen molar-refractivity contribution in [2.24, 2.45) is 14.1 Å². The zero-order chi connectivity index (χ0) is 12.4. The topological polar surface area (TPSA) is 90.8 Å². The summed E-state index contributed by atoms with van der Waals surface area (Å²) in [4.78, 5) is 15.7. The number of imidazole rings is 1. The number of hydrogen-bond acceptors (Lipinski definition) is 4. The Morgan fingerprint density at radius 2 is 2.29 bits per heavy atom. The Hall–Kier alpha value is -2.31. The van der Waals surface area contributed by atoms with Crippen LogP contribution in [-0.4, -0.2) is 25.2 Å². The summed E-state index contributed by atoms with van der Waals surface area (Å²) >= 11 is 0. The Kier molecular flexibility index (Phi) is 2.82. The van der Waals surface area contributed by atoms with Gasteiger partial charge in [-0.25, -0.2) is 4.98 Å². The van der Waals surface area contributed by atoms with Crippen molar-refractivity contribution in [3.05, 3.63) is 30.0 Å². The van der Waals surface area contributed by atoms with Crippen molar-refractivity contribution in [1.29, 1.82) is 0 Å². The van der Waals surface area contributed by atoms with Crippen LogP contribution in [0, 0.1) is 0 Å². The maximum atomic E-state index is 11.8. The monoisotopic (exact) mass is 234 g/mol. The van der Waals surface area contributed by atoms with Gasteiger partial charge in [0.25, 0.3) is 5.91 Å². The third-order valence-corrected chi connectivity index (χ3v) is 2.53. The Morgan fingerprint density at radius 3 is 2.82 bits per heavy atom. The molecule has 3 N–H and O–H groups in total. The van der Waals surface area contributed by atoms with Crippen molar-refractivity contribution >= 4 is 11.7 Å². The van der Waals surface area contributed by atoms with Crippen LogP contribution in [0.3, 0.4) is 0 Å². The Balaban J connectivity index is 2.02. The van der Waals surface area contributed by atoms with Crippen molar-refractivity contribution in [3.8, 4) is 0 Å². The molecule has 1 amide bonds. The number of nitrogen functional groups attached to an aromatic ring is 1. The molecule has 0 aliphatic rings. The number of aryl methyl sites for hydroxylation is 2. The van der Waals surface area contributed by atoms with Crippen LogP contribution in [0.2, 0.25) is 0 Å². The number of amides is 1. The summed E-state index contributed by atoms with van der Waals surface area (Å²) in [5.41, 5.74) is 6.55. The minimum absolute atomic E-state index is 0.235. The van der Waals surface area contributed by atoms with Crippen molar-refractivity contribution in [3.63, 3.8) is 0 Å². The van der Waals surface area contributed by atoms with E-state index in [0.29, 0.717) is 18.2 Å². The third kappa shape index (κ3) is 2.12. The third-order valence-electron chi connectivity index (χ3n) is 2.53. The summed E-state index contributed by atoms with van der Waals surface area (Å²) < 4.78 is 3.21. The minimum Gasteiger partial charge on any atom is -0.384 e. The van der Waals surface area contributed by atoms with Crippen LogP contribution in [-0.2, 0) is 20.6 Å². The highest BCUT2D eigenvalue weighted by Gasteiger charge is 2.11. The fraction of sp³-hybridized carbons (Fsp3) is 0.300. The Bertz CT molecular complexity index is 541. The van der Waals surface area contributed by atoms with Gasteiger partial charge in [-0.1, -0.05) is 0 Å². The number of nitrogens with zero attached hydrogens (tertiary/aromatic N) is 4. The van der Waals surface area contributed by atoms with Gasteiger partial charge in [0.05, 0.1) is 6.20 Å². The maximum absolute atomic E-state index is 11.8. The lowest BCUT2D eigenvalue weighted by Gasteiger charge is -2.04. The highest BCUT2D eigenvalue weighted by atomic mass is 16.2. The van der Waals surface area contributed by atoms with Crippen LogP contribution in [0.25, 0.3) is 0 Å². The highest BCUT2D eigenvalue weighted by molar-refractivity contribution is 5.90. The second kappa shape index (κ2) is 4.28. The fourth-order valence-electron chi connectivity index (χ4n) is 1.47. The quantitative estimate of drug-likeness (QED) is 0.760. The average Bonchev–Trinajstić information content (AvgIpc) is 2.85. The second-order valence-corrected chi connectivity index (χ2v) is 3.72. The summed E-state index contributed by atoms with van der Waals surface area (Å²) in [7, 11) is 3.51. The van der Waals surface area contributed by atoms with Gasteiger partial charge in [-0.05, 0) is 0 Å². The van der Waals surface area contributed by atoms with Crippen molar-refractivity contribution in [2.45, 2.75) is 6.54 Å². The van der Waals surface area contributed by atoms with Gasteiger partial charge in [0.1, 0.15) is 5.82 Å². The summed E-state index contributed by atoms with van der Waals surface area (Å²) in [6.07, 6.45) is 4.93. The van der Waals surface area contributed by atoms with Gasteiger partial charge in [-0.3, -0.25) is 9.48 Å². The van der Waals surface area contributed by atoms with Crippen LogP contribution in [0.4, 0.5) is 5.82 Å². The molecule has 17 heavy (non-hydrogen) atoms. The highest BCUT2D eigenvalue weighted by Crippen LogP contribution is 2.08. The van der Waals surface area contributed by atoms with Gasteiger partial charge in [0.15, 0.2) is 5.82 Å². The van der Waals surface area contributed by atoms with Crippen LogP contribution in [0.5, 0.6) is 0 Å². The van der Waals surface area contributed by atoms with Crippen LogP contribution in [0.1, 0.15) is 16.2 Å². The average molecular weight is 234 g/mol. The van der Waals surface area contributed by atoms with Crippen LogP contribution in [0.15, 0.2) is 18.6 Å². The number of anilines is 1. The van der Waals surface area contributed by atoms with Crippen molar-refractivity contribution < 1.29 is 4.79 Å². The molecule has 2 heterocycles. The molecule has 0 atom stereocenters. The molecule has 0 aliphatic carbocycles. The van der Waals surface area contributed by atoms with E-state index in [9.17, 15) is 4.79 Å². The van der Waals surface area contributed by atoms with E-state index in [0.717, 1.165) is 5.56 Å². The van der Waals surface area contributed by atoms with Gasteiger partial charge in [-0.2, -0.15) is 5.10 Å². The minimum atomic E-state index is -0.235. The SMILES string of the molecule is Cn1ccnc1C(=O)NCc1cnn(C)c1N. The van der Waals surface area contributed by atoms with Crippen LogP contribution < -0.4 is 11.1 Å². The summed E-state index contributed by atoms with van der Waals surface area (Å²) in [6, 6.07) is 0. The molecular formula is C10H14N6O. The van der Waals surface area contributed by atoms with E-state index >= 15 is 0 Å². The van der Waals surface area contributed by atoms with E-state index in [2.05, 4.69) is 15.4 Å².